The van der Waals surface area contributed by atoms with Gasteiger partial charge in [0.05, 0.1) is 12.8 Å². The van der Waals surface area contributed by atoms with Crippen molar-refractivity contribution in [3.8, 4) is 11.6 Å². The number of ether oxygens (including phenoxy) is 2. The SMILES string of the molecule is COc1ccc(Cl)cc1NC(=O)NC1CCC(Oc2ccccn2)CC1. The summed E-state index contributed by atoms with van der Waals surface area (Å²) in [6.45, 7) is 0. The van der Waals surface area contributed by atoms with Crippen LogP contribution in [0.3, 0.4) is 0 Å². The summed E-state index contributed by atoms with van der Waals surface area (Å²) in [5.41, 5.74) is 0.546. The highest BCUT2D eigenvalue weighted by molar-refractivity contribution is 6.31. The van der Waals surface area contributed by atoms with Crippen LogP contribution in [0.1, 0.15) is 25.7 Å². The van der Waals surface area contributed by atoms with Gasteiger partial charge in [-0.3, -0.25) is 0 Å². The van der Waals surface area contributed by atoms with E-state index < -0.39 is 0 Å². The number of nitrogens with one attached hydrogen (secondary N) is 2. The van der Waals surface area contributed by atoms with E-state index in [-0.39, 0.29) is 18.2 Å². The fraction of sp³-hybridized carbons (Fsp3) is 0.368. The molecular weight excluding hydrogens is 354 g/mol. The minimum atomic E-state index is -0.264. The predicted octanol–water partition coefficient (Wildman–Crippen LogP) is 4.26. The van der Waals surface area contributed by atoms with E-state index in [0.29, 0.717) is 22.3 Å². The molecule has 2 N–H and O–H groups in total. The first-order valence-electron chi connectivity index (χ1n) is 8.63. The molecule has 138 valence electrons. The van der Waals surface area contributed by atoms with Gasteiger partial charge in [-0.25, -0.2) is 9.78 Å². The van der Waals surface area contributed by atoms with Gasteiger partial charge in [-0.2, -0.15) is 0 Å². The Morgan fingerprint density at radius 1 is 1.19 bits per heavy atom. The van der Waals surface area contributed by atoms with Crippen LogP contribution >= 0.6 is 11.6 Å². The van der Waals surface area contributed by atoms with E-state index in [1.54, 1.807) is 31.5 Å². The van der Waals surface area contributed by atoms with Gasteiger partial charge < -0.3 is 20.1 Å². The lowest BCUT2D eigenvalue weighted by atomic mass is 9.93. The summed E-state index contributed by atoms with van der Waals surface area (Å²) < 4.78 is 11.1. The van der Waals surface area contributed by atoms with Crippen molar-refractivity contribution < 1.29 is 14.3 Å². The summed E-state index contributed by atoms with van der Waals surface area (Å²) >= 11 is 5.99. The van der Waals surface area contributed by atoms with E-state index in [1.165, 1.54) is 0 Å². The second-order valence-corrected chi connectivity index (χ2v) is 6.64. The fourth-order valence-corrected chi connectivity index (χ4v) is 3.21. The molecule has 0 spiro atoms. The first kappa shape index (κ1) is 18.3. The van der Waals surface area contributed by atoms with Crippen molar-refractivity contribution in [1.82, 2.24) is 10.3 Å². The lowest BCUT2D eigenvalue weighted by molar-refractivity contribution is 0.135. The Hall–Kier alpha value is -2.47. The number of carbonyl (C=O) groups excluding carboxylic acids is 1. The molecule has 0 radical (unpaired) electrons. The summed E-state index contributed by atoms with van der Waals surface area (Å²) in [4.78, 5) is 16.5. The van der Waals surface area contributed by atoms with E-state index in [1.807, 2.05) is 18.2 Å². The molecule has 1 fully saturated rings. The van der Waals surface area contributed by atoms with Crippen LogP contribution < -0.4 is 20.1 Å². The van der Waals surface area contributed by atoms with Gasteiger partial charge in [-0.05, 0) is 49.9 Å². The van der Waals surface area contributed by atoms with Crippen LogP contribution in [0.4, 0.5) is 10.5 Å². The quantitative estimate of drug-likeness (QED) is 0.819. The number of pyridine rings is 1. The van der Waals surface area contributed by atoms with E-state index in [9.17, 15) is 4.79 Å². The number of methoxy groups -OCH3 is 1. The Morgan fingerprint density at radius 2 is 2.00 bits per heavy atom. The number of urea groups is 1. The van der Waals surface area contributed by atoms with Gasteiger partial charge in [0.15, 0.2) is 0 Å². The maximum atomic E-state index is 12.3. The van der Waals surface area contributed by atoms with E-state index in [0.717, 1.165) is 25.7 Å². The van der Waals surface area contributed by atoms with Crippen LogP contribution in [0.5, 0.6) is 11.6 Å². The molecule has 3 rings (SSSR count). The number of rotatable bonds is 5. The zero-order chi connectivity index (χ0) is 18.4. The largest absolute Gasteiger partial charge is 0.495 e. The first-order valence-corrected chi connectivity index (χ1v) is 9.00. The maximum Gasteiger partial charge on any atom is 0.319 e. The molecule has 0 bridgehead atoms. The van der Waals surface area contributed by atoms with Gasteiger partial charge >= 0.3 is 6.03 Å². The molecule has 0 aliphatic heterocycles. The van der Waals surface area contributed by atoms with Gasteiger partial charge in [0.2, 0.25) is 5.88 Å². The zero-order valence-corrected chi connectivity index (χ0v) is 15.3. The predicted molar refractivity (Wildman–Crippen MR) is 101 cm³/mol. The number of benzene rings is 1. The van der Waals surface area contributed by atoms with Crippen molar-refractivity contribution in [2.75, 3.05) is 12.4 Å². The Morgan fingerprint density at radius 3 is 2.69 bits per heavy atom. The van der Waals surface area contributed by atoms with Crippen molar-refractivity contribution in [3.63, 3.8) is 0 Å². The summed E-state index contributed by atoms with van der Waals surface area (Å²) in [5.74, 6) is 1.21. The van der Waals surface area contributed by atoms with Crippen LogP contribution in [0.25, 0.3) is 0 Å². The number of amides is 2. The highest BCUT2D eigenvalue weighted by Gasteiger charge is 2.24. The van der Waals surface area contributed by atoms with E-state index >= 15 is 0 Å². The molecule has 1 saturated carbocycles. The van der Waals surface area contributed by atoms with Gasteiger partial charge in [-0.15, -0.1) is 0 Å². The monoisotopic (exact) mass is 375 g/mol. The standard InChI is InChI=1S/C19H22ClN3O3/c1-25-17-10-5-13(20)12-16(17)23-19(24)22-14-6-8-15(9-7-14)26-18-4-2-3-11-21-18/h2-5,10-12,14-15H,6-9H2,1H3,(H2,22,23,24). The topological polar surface area (TPSA) is 72.5 Å². The average molecular weight is 376 g/mol. The Balaban J connectivity index is 1.47. The third-order valence-electron chi connectivity index (χ3n) is 4.34. The molecule has 6 nitrogen and oxygen atoms in total. The molecule has 2 aromatic rings. The lowest BCUT2D eigenvalue weighted by Gasteiger charge is -2.29. The Kier molecular flexibility index (Phi) is 6.17. The van der Waals surface area contributed by atoms with Crippen molar-refractivity contribution in [2.45, 2.75) is 37.8 Å². The summed E-state index contributed by atoms with van der Waals surface area (Å²) in [5, 5.41) is 6.34. The Bertz CT molecular complexity index is 734. The normalized spacial score (nSPS) is 19.5. The third-order valence-corrected chi connectivity index (χ3v) is 4.58. The van der Waals surface area contributed by atoms with E-state index in [4.69, 9.17) is 21.1 Å². The molecule has 0 saturated heterocycles. The lowest BCUT2D eigenvalue weighted by Crippen LogP contribution is -2.41. The molecule has 1 aromatic carbocycles. The summed E-state index contributed by atoms with van der Waals surface area (Å²) in [6, 6.07) is 10.6. The van der Waals surface area contributed by atoms with Gasteiger partial charge in [-0.1, -0.05) is 17.7 Å². The van der Waals surface area contributed by atoms with Crippen LogP contribution in [-0.4, -0.2) is 30.3 Å². The van der Waals surface area contributed by atoms with Gasteiger partial charge in [0.1, 0.15) is 11.9 Å². The maximum absolute atomic E-state index is 12.3. The number of nitrogens with zero attached hydrogens (tertiary/aromatic N) is 1. The van der Waals surface area contributed by atoms with Crippen LogP contribution in [0.15, 0.2) is 42.6 Å². The van der Waals surface area contributed by atoms with Crippen molar-refractivity contribution in [2.24, 2.45) is 0 Å². The third kappa shape index (κ3) is 5.02. The van der Waals surface area contributed by atoms with Gasteiger partial charge in [0, 0.05) is 23.3 Å². The van der Waals surface area contributed by atoms with Crippen molar-refractivity contribution in [3.05, 3.63) is 47.6 Å². The van der Waals surface area contributed by atoms with E-state index in [2.05, 4.69) is 15.6 Å². The minimum absolute atomic E-state index is 0.115. The number of hydrogen-bond acceptors (Lipinski definition) is 4. The molecular formula is C19H22ClN3O3. The minimum Gasteiger partial charge on any atom is -0.495 e. The zero-order valence-electron chi connectivity index (χ0n) is 14.6. The summed E-state index contributed by atoms with van der Waals surface area (Å²) in [6.07, 6.45) is 5.33. The highest BCUT2D eigenvalue weighted by Crippen LogP contribution is 2.28. The number of anilines is 1. The number of aromatic nitrogens is 1. The summed E-state index contributed by atoms with van der Waals surface area (Å²) in [7, 11) is 1.55. The molecule has 1 aromatic heterocycles. The molecule has 0 unspecified atom stereocenters. The average Bonchev–Trinajstić information content (AvgIpc) is 2.64. The number of halogens is 1. The highest BCUT2D eigenvalue weighted by atomic mass is 35.5. The number of hydrogen-bond donors (Lipinski definition) is 2. The molecule has 1 aliphatic rings. The Labute approximate surface area is 157 Å². The first-order chi connectivity index (χ1) is 12.6. The molecule has 1 heterocycles. The molecule has 26 heavy (non-hydrogen) atoms. The van der Waals surface area contributed by atoms with Gasteiger partial charge in [0.25, 0.3) is 0 Å². The number of carbonyl (C=O) groups is 1. The fourth-order valence-electron chi connectivity index (χ4n) is 3.03. The second-order valence-electron chi connectivity index (χ2n) is 6.20. The van der Waals surface area contributed by atoms with Crippen molar-refractivity contribution in [1.29, 1.82) is 0 Å². The smallest absolute Gasteiger partial charge is 0.319 e. The second kappa shape index (κ2) is 8.76. The van der Waals surface area contributed by atoms with Crippen LogP contribution in [0, 0.1) is 0 Å². The van der Waals surface area contributed by atoms with Crippen LogP contribution in [-0.2, 0) is 0 Å². The van der Waals surface area contributed by atoms with Crippen LogP contribution in [0.2, 0.25) is 5.02 Å². The van der Waals surface area contributed by atoms with Crippen molar-refractivity contribution >= 4 is 23.3 Å². The molecule has 0 atom stereocenters. The molecule has 2 amide bonds. The molecule has 7 heteroatoms. The molecule has 1 aliphatic carbocycles.